The third-order valence-corrected chi connectivity index (χ3v) is 6.82. The zero-order chi connectivity index (χ0) is 22.7. The fraction of sp³-hybridized carbons (Fsp3) is 0.360. The maximum Gasteiger partial charge on any atom is 0.339 e. The Labute approximate surface area is 191 Å². The number of fused-ring (bicyclic) bond motifs is 2. The minimum atomic E-state index is -0.461. The SMILES string of the molecule is CC(=O)NCCc1ccc(C(=O)COC(=O)c2c3c(nc4ccc(C)cc24)CCCC3)s1. The molecule has 0 aliphatic heterocycles. The Bertz CT molecular complexity index is 1200. The number of carbonyl (C=O) groups excluding carboxylic acids is 3. The van der Waals surface area contributed by atoms with Gasteiger partial charge in [-0.1, -0.05) is 11.6 Å². The van der Waals surface area contributed by atoms with Crippen molar-refractivity contribution in [1.82, 2.24) is 10.3 Å². The molecular weight excluding hydrogens is 424 g/mol. The van der Waals surface area contributed by atoms with Gasteiger partial charge in [0.2, 0.25) is 11.7 Å². The molecular formula is C25H26N2O4S. The number of amides is 1. The van der Waals surface area contributed by atoms with Gasteiger partial charge in [0.05, 0.1) is 16.0 Å². The van der Waals surface area contributed by atoms with E-state index in [2.05, 4.69) is 5.32 Å². The van der Waals surface area contributed by atoms with E-state index < -0.39 is 5.97 Å². The molecule has 1 amide bonds. The summed E-state index contributed by atoms with van der Waals surface area (Å²) in [7, 11) is 0. The van der Waals surface area contributed by atoms with E-state index in [-0.39, 0.29) is 18.3 Å². The van der Waals surface area contributed by atoms with Crippen molar-refractivity contribution in [3.8, 4) is 0 Å². The second kappa shape index (κ2) is 9.61. The summed E-state index contributed by atoms with van der Waals surface area (Å²) >= 11 is 1.37. The molecule has 4 rings (SSSR count). The number of esters is 1. The summed E-state index contributed by atoms with van der Waals surface area (Å²) in [5, 5.41) is 3.53. The van der Waals surface area contributed by atoms with Crippen LogP contribution in [0.4, 0.5) is 0 Å². The number of nitrogens with one attached hydrogen (secondary N) is 1. The number of nitrogens with zero attached hydrogens (tertiary/aromatic N) is 1. The van der Waals surface area contributed by atoms with Crippen molar-refractivity contribution in [3.05, 3.63) is 62.5 Å². The van der Waals surface area contributed by atoms with Crippen LogP contribution in [-0.2, 0) is 28.8 Å². The highest BCUT2D eigenvalue weighted by Crippen LogP contribution is 2.30. The Morgan fingerprint density at radius 3 is 2.75 bits per heavy atom. The molecule has 2 aromatic heterocycles. The number of ether oxygens (including phenoxy) is 1. The van der Waals surface area contributed by atoms with Gasteiger partial charge in [-0.2, -0.15) is 0 Å². The van der Waals surface area contributed by atoms with Crippen LogP contribution in [0.5, 0.6) is 0 Å². The van der Waals surface area contributed by atoms with Crippen LogP contribution in [0.15, 0.2) is 30.3 Å². The Hall–Kier alpha value is -3.06. The smallest absolute Gasteiger partial charge is 0.339 e. The van der Waals surface area contributed by atoms with Gasteiger partial charge in [0.25, 0.3) is 0 Å². The number of thiophene rings is 1. The first-order valence-corrected chi connectivity index (χ1v) is 11.7. The van der Waals surface area contributed by atoms with E-state index in [0.717, 1.165) is 58.3 Å². The topological polar surface area (TPSA) is 85.4 Å². The average Bonchev–Trinajstić information content (AvgIpc) is 3.24. The summed E-state index contributed by atoms with van der Waals surface area (Å²) in [6.07, 6.45) is 4.39. The lowest BCUT2D eigenvalue weighted by atomic mass is 9.89. The van der Waals surface area contributed by atoms with E-state index in [0.29, 0.717) is 23.4 Å². The first kappa shape index (κ1) is 22.1. The third-order valence-electron chi connectivity index (χ3n) is 5.64. The molecule has 1 aliphatic carbocycles. The number of pyridine rings is 1. The molecule has 1 aromatic carbocycles. The molecule has 0 fully saturated rings. The van der Waals surface area contributed by atoms with E-state index in [1.54, 1.807) is 6.07 Å². The van der Waals surface area contributed by atoms with Crippen molar-refractivity contribution < 1.29 is 19.1 Å². The highest BCUT2D eigenvalue weighted by Gasteiger charge is 2.24. The largest absolute Gasteiger partial charge is 0.454 e. The summed E-state index contributed by atoms with van der Waals surface area (Å²) in [5.74, 6) is -0.764. The van der Waals surface area contributed by atoms with E-state index in [4.69, 9.17) is 9.72 Å². The molecule has 0 saturated heterocycles. The van der Waals surface area contributed by atoms with Crippen molar-refractivity contribution in [2.24, 2.45) is 0 Å². The van der Waals surface area contributed by atoms with Gasteiger partial charge >= 0.3 is 5.97 Å². The van der Waals surface area contributed by atoms with Gasteiger partial charge < -0.3 is 10.1 Å². The molecule has 0 saturated carbocycles. The Morgan fingerprint density at radius 2 is 1.94 bits per heavy atom. The van der Waals surface area contributed by atoms with Crippen LogP contribution in [0.25, 0.3) is 10.9 Å². The zero-order valence-corrected chi connectivity index (χ0v) is 19.1. The number of aromatic nitrogens is 1. The lowest BCUT2D eigenvalue weighted by molar-refractivity contribution is -0.118. The van der Waals surface area contributed by atoms with Crippen LogP contribution in [-0.4, -0.2) is 35.8 Å². The number of aryl methyl sites for hydroxylation is 2. The van der Waals surface area contributed by atoms with Gasteiger partial charge in [-0.15, -0.1) is 11.3 Å². The van der Waals surface area contributed by atoms with Crippen LogP contribution in [0, 0.1) is 6.92 Å². The van der Waals surface area contributed by atoms with Gasteiger partial charge in [0, 0.05) is 29.4 Å². The average molecular weight is 451 g/mol. The number of carbonyl (C=O) groups is 3. The van der Waals surface area contributed by atoms with Gasteiger partial charge in [-0.3, -0.25) is 14.6 Å². The third kappa shape index (κ3) is 4.88. The predicted molar refractivity (Wildman–Crippen MR) is 124 cm³/mol. The minimum Gasteiger partial charge on any atom is -0.454 e. The molecule has 0 spiro atoms. The summed E-state index contributed by atoms with van der Waals surface area (Å²) in [4.78, 5) is 43.1. The van der Waals surface area contributed by atoms with Crippen molar-refractivity contribution in [2.75, 3.05) is 13.2 Å². The lowest BCUT2D eigenvalue weighted by Gasteiger charge is -2.20. The van der Waals surface area contributed by atoms with Crippen molar-refractivity contribution in [1.29, 1.82) is 0 Å². The second-order valence-electron chi connectivity index (χ2n) is 8.14. The van der Waals surface area contributed by atoms with Crippen molar-refractivity contribution >= 4 is 39.9 Å². The molecule has 166 valence electrons. The molecule has 0 radical (unpaired) electrons. The first-order chi connectivity index (χ1) is 15.4. The molecule has 0 bridgehead atoms. The summed E-state index contributed by atoms with van der Waals surface area (Å²) < 4.78 is 5.51. The Kier molecular flexibility index (Phi) is 6.65. The molecule has 6 nitrogen and oxygen atoms in total. The molecule has 32 heavy (non-hydrogen) atoms. The monoisotopic (exact) mass is 450 g/mol. The van der Waals surface area contributed by atoms with E-state index in [9.17, 15) is 14.4 Å². The summed E-state index contributed by atoms with van der Waals surface area (Å²) in [5.41, 5.74) is 4.32. The van der Waals surface area contributed by atoms with Gasteiger partial charge in [-0.05, 0) is 68.9 Å². The normalized spacial score (nSPS) is 12.9. The summed E-state index contributed by atoms with van der Waals surface area (Å²) in [6, 6.07) is 9.52. The maximum atomic E-state index is 13.1. The van der Waals surface area contributed by atoms with Gasteiger partial charge in [0.1, 0.15) is 0 Å². The number of hydrogen-bond donors (Lipinski definition) is 1. The Morgan fingerprint density at radius 1 is 1.12 bits per heavy atom. The fourth-order valence-corrected chi connectivity index (χ4v) is 5.00. The van der Waals surface area contributed by atoms with E-state index in [1.807, 2.05) is 31.2 Å². The van der Waals surface area contributed by atoms with Gasteiger partial charge in [0.15, 0.2) is 6.61 Å². The molecule has 7 heteroatoms. The second-order valence-corrected chi connectivity index (χ2v) is 9.31. The number of benzene rings is 1. The van der Waals surface area contributed by atoms with Crippen molar-refractivity contribution in [3.63, 3.8) is 0 Å². The minimum absolute atomic E-state index is 0.0780. The lowest BCUT2D eigenvalue weighted by Crippen LogP contribution is -2.22. The highest BCUT2D eigenvalue weighted by molar-refractivity contribution is 7.14. The van der Waals surface area contributed by atoms with Crippen molar-refractivity contribution in [2.45, 2.75) is 46.0 Å². The molecule has 3 aromatic rings. The molecule has 2 heterocycles. The van der Waals surface area contributed by atoms with Gasteiger partial charge in [-0.25, -0.2) is 4.79 Å². The quantitative estimate of drug-likeness (QED) is 0.431. The zero-order valence-electron chi connectivity index (χ0n) is 18.3. The Balaban J connectivity index is 1.50. The molecule has 1 aliphatic rings. The van der Waals surface area contributed by atoms with Crippen LogP contribution in [0.1, 0.15) is 61.5 Å². The molecule has 1 N–H and O–H groups in total. The summed E-state index contributed by atoms with van der Waals surface area (Å²) in [6.45, 7) is 3.69. The standard InChI is InChI=1S/C25H26N2O4S/c1-15-7-9-21-19(13-15)24(18-5-3-4-6-20(18)27-21)25(30)31-14-22(29)23-10-8-17(32-23)11-12-26-16(2)28/h7-10,13H,3-6,11-12,14H2,1-2H3,(H,26,28). The predicted octanol–water partition coefficient (Wildman–Crippen LogP) is 4.20. The number of rotatable bonds is 7. The van der Waals surface area contributed by atoms with Crippen LogP contribution >= 0.6 is 11.3 Å². The number of Topliss-reactive ketones (excluding diaryl/α,β-unsaturated/α-hetero) is 1. The first-order valence-electron chi connectivity index (χ1n) is 10.9. The fourth-order valence-electron chi connectivity index (χ4n) is 4.07. The van der Waals surface area contributed by atoms with E-state index >= 15 is 0 Å². The number of hydrogen-bond acceptors (Lipinski definition) is 6. The molecule has 0 atom stereocenters. The highest BCUT2D eigenvalue weighted by atomic mass is 32.1. The van der Waals surface area contributed by atoms with Crippen LogP contribution < -0.4 is 5.32 Å². The number of ketones is 1. The molecule has 0 unspecified atom stereocenters. The maximum absolute atomic E-state index is 13.1. The van der Waals surface area contributed by atoms with Crippen LogP contribution in [0.2, 0.25) is 0 Å². The van der Waals surface area contributed by atoms with Crippen LogP contribution in [0.3, 0.4) is 0 Å². The van der Waals surface area contributed by atoms with E-state index in [1.165, 1.54) is 18.3 Å².